The summed E-state index contributed by atoms with van der Waals surface area (Å²) in [6, 6.07) is 0. The van der Waals surface area contributed by atoms with Crippen LogP contribution in [0, 0.1) is 5.41 Å². The van der Waals surface area contributed by atoms with Crippen LogP contribution in [0.2, 0.25) is 0 Å². The Morgan fingerprint density at radius 3 is 2.64 bits per heavy atom. The van der Waals surface area contributed by atoms with Crippen molar-refractivity contribution >= 4 is 23.6 Å². The molecule has 0 atom stereocenters. The fraction of sp³-hybridized carbons (Fsp3) is 0.273. The van der Waals surface area contributed by atoms with Crippen LogP contribution in [-0.4, -0.2) is 12.0 Å². The molecular weight excluding hydrogens is 198 g/mol. The van der Waals surface area contributed by atoms with Gasteiger partial charge in [0.1, 0.15) is 0 Å². The monoisotopic (exact) mass is 211 g/mol. The molecule has 0 rings (SSSR count). The zero-order valence-electron chi connectivity index (χ0n) is 8.05. The number of Topliss-reactive ketones (excluding diaryl/α,β-unsaturated/α-hetero) is 1. The molecule has 14 heavy (non-hydrogen) atoms. The summed E-state index contributed by atoms with van der Waals surface area (Å²) < 4.78 is 0. The Morgan fingerprint density at radius 1 is 1.50 bits per heavy atom. The van der Waals surface area contributed by atoms with E-state index in [2.05, 4.69) is 13.2 Å². The number of carbonyl (C=O) groups excluding carboxylic acids is 1. The highest BCUT2D eigenvalue weighted by Gasteiger charge is 2.02. The number of nitrogens with one attached hydrogen (secondary N) is 1. The van der Waals surface area contributed by atoms with Crippen molar-refractivity contribution in [2.45, 2.75) is 19.3 Å². The van der Waals surface area contributed by atoms with Gasteiger partial charge in [-0.3, -0.25) is 4.79 Å². The molecule has 0 saturated carbocycles. The molecule has 0 aliphatic heterocycles. The Morgan fingerprint density at radius 2 is 2.14 bits per heavy atom. The molecule has 0 aromatic carbocycles. The minimum absolute atomic E-state index is 0.0804. The molecule has 0 heterocycles. The van der Waals surface area contributed by atoms with Gasteiger partial charge >= 0.3 is 0 Å². The first kappa shape index (κ1) is 12.8. The van der Waals surface area contributed by atoms with Gasteiger partial charge in [-0.2, -0.15) is 0 Å². The molecule has 0 fully saturated rings. The van der Waals surface area contributed by atoms with Gasteiger partial charge in [0.2, 0.25) is 0 Å². The maximum atomic E-state index is 11.2. The average Bonchev–Trinajstić information content (AvgIpc) is 2.22. The highest BCUT2D eigenvalue weighted by Crippen LogP contribution is 2.07. The Bertz CT molecular complexity index is 279. The van der Waals surface area contributed by atoms with Crippen molar-refractivity contribution in [1.82, 2.24) is 0 Å². The number of rotatable bonds is 7. The van der Waals surface area contributed by atoms with Crippen molar-refractivity contribution < 1.29 is 4.79 Å². The normalized spacial score (nSPS) is 10.8. The van der Waals surface area contributed by atoms with E-state index in [0.29, 0.717) is 11.5 Å². The van der Waals surface area contributed by atoms with Crippen LogP contribution in [-0.2, 0) is 4.79 Å². The van der Waals surface area contributed by atoms with E-state index < -0.39 is 0 Å². The van der Waals surface area contributed by atoms with Crippen molar-refractivity contribution in [1.29, 1.82) is 5.41 Å². The fourth-order valence-electron chi connectivity index (χ4n) is 0.827. The van der Waals surface area contributed by atoms with Gasteiger partial charge in [-0.25, -0.2) is 0 Å². The average molecular weight is 212 g/mol. The second-order valence-electron chi connectivity index (χ2n) is 2.78. The summed E-state index contributed by atoms with van der Waals surface area (Å²) >= 11 is 5.67. The summed E-state index contributed by atoms with van der Waals surface area (Å²) in [5.74, 6) is -0.0804. The number of unbranched alkanes of at least 4 members (excludes halogenated alkanes) is 1. The van der Waals surface area contributed by atoms with E-state index in [0.717, 1.165) is 19.1 Å². The number of ketones is 1. The number of allylic oxidation sites excluding steroid dienone is 4. The molecule has 0 saturated heterocycles. The summed E-state index contributed by atoms with van der Waals surface area (Å²) in [5.41, 5.74) is 0.254. The van der Waals surface area contributed by atoms with Gasteiger partial charge in [0, 0.05) is 23.2 Å². The number of carbonyl (C=O) groups is 1. The SMILES string of the molecule is C=CC(Cl)=CCCCC(=O)C(=C)C=N. The Labute approximate surface area is 89.5 Å². The lowest BCUT2D eigenvalue weighted by molar-refractivity contribution is -0.115. The lowest BCUT2D eigenvalue weighted by Crippen LogP contribution is -2.01. The minimum atomic E-state index is -0.0804. The van der Waals surface area contributed by atoms with Crippen molar-refractivity contribution in [3.63, 3.8) is 0 Å². The lowest BCUT2D eigenvalue weighted by atomic mass is 10.1. The van der Waals surface area contributed by atoms with E-state index in [9.17, 15) is 4.79 Å². The molecule has 0 aliphatic carbocycles. The molecule has 0 unspecified atom stereocenters. The largest absolute Gasteiger partial charge is 0.308 e. The Balaban J connectivity index is 3.75. The summed E-state index contributed by atoms with van der Waals surface area (Å²) in [7, 11) is 0. The van der Waals surface area contributed by atoms with E-state index in [1.807, 2.05) is 6.08 Å². The second kappa shape index (κ2) is 7.27. The standard InChI is InChI=1S/C11H14ClNO/c1-3-10(12)6-4-5-7-11(14)9(2)8-13/h3,6,8,13H,1-2,4-5,7H2. The summed E-state index contributed by atoms with van der Waals surface area (Å²) in [4.78, 5) is 11.2. The van der Waals surface area contributed by atoms with Gasteiger partial charge < -0.3 is 5.41 Å². The molecule has 76 valence electrons. The maximum absolute atomic E-state index is 11.2. The first-order valence-corrected chi connectivity index (χ1v) is 4.70. The van der Waals surface area contributed by atoms with Crippen molar-refractivity contribution in [2.24, 2.45) is 0 Å². The van der Waals surface area contributed by atoms with Crippen LogP contribution in [0.3, 0.4) is 0 Å². The van der Waals surface area contributed by atoms with Gasteiger partial charge in [-0.15, -0.1) is 0 Å². The zero-order valence-corrected chi connectivity index (χ0v) is 8.81. The fourth-order valence-corrected chi connectivity index (χ4v) is 0.936. The van der Waals surface area contributed by atoms with Gasteiger partial charge in [0.25, 0.3) is 0 Å². The van der Waals surface area contributed by atoms with E-state index >= 15 is 0 Å². The molecule has 1 N–H and O–H groups in total. The van der Waals surface area contributed by atoms with Crippen LogP contribution in [0.4, 0.5) is 0 Å². The summed E-state index contributed by atoms with van der Waals surface area (Å²) in [6.07, 6.45) is 6.22. The van der Waals surface area contributed by atoms with Crippen LogP contribution in [0.25, 0.3) is 0 Å². The van der Waals surface area contributed by atoms with E-state index in [1.54, 1.807) is 6.08 Å². The third kappa shape index (κ3) is 5.49. The molecule has 0 aromatic rings. The minimum Gasteiger partial charge on any atom is -0.308 e. The quantitative estimate of drug-likeness (QED) is 0.299. The van der Waals surface area contributed by atoms with Crippen LogP contribution in [0.5, 0.6) is 0 Å². The molecule has 3 heteroatoms. The molecule has 0 aromatic heterocycles. The summed E-state index contributed by atoms with van der Waals surface area (Å²) in [6.45, 7) is 6.96. The first-order chi connectivity index (χ1) is 6.61. The maximum Gasteiger partial charge on any atom is 0.163 e. The number of hydrogen-bond donors (Lipinski definition) is 1. The Kier molecular flexibility index (Phi) is 6.68. The van der Waals surface area contributed by atoms with Crippen molar-refractivity contribution in [3.05, 3.63) is 35.9 Å². The number of halogens is 1. The predicted molar refractivity (Wildman–Crippen MR) is 60.9 cm³/mol. The molecule has 0 radical (unpaired) electrons. The molecule has 2 nitrogen and oxygen atoms in total. The highest BCUT2D eigenvalue weighted by atomic mass is 35.5. The van der Waals surface area contributed by atoms with Crippen molar-refractivity contribution in [2.75, 3.05) is 0 Å². The number of hydrogen-bond acceptors (Lipinski definition) is 2. The van der Waals surface area contributed by atoms with E-state index in [-0.39, 0.29) is 11.4 Å². The van der Waals surface area contributed by atoms with Gasteiger partial charge in [0.05, 0.1) is 0 Å². The van der Waals surface area contributed by atoms with E-state index in [4.69, 9.17) is 17.0 Å². The van der Waals surface area contributed by atoms with Crippen LogP contribution in [0.15, 0.2) is 35.9 Å². The van der Waals surface area contributed by atoms with Gasteiger partial charge in [-0.05, 0) is 12.8 Å². The zero-order chi connectivity index (χ0) is 11.0. The van der Waals surface area contributed by atoms with Gasteiger partial charge in [-0.1, -0.05) is 36.9 Å². The van der Waals surface area contributed by atoms with Gasteiger partial charge in [0.15, 0.2) is 5.78 Å². The molecule has 0 bridgehead atoms. The molecule has 0 aliphatic rings. The highest BCUT2D eigenvalue weighted by molar-refractivity contribution is 6.31. The third-order valence-electron chi connectivity index (χ3n) is 1.67. The second-order valence-corrected chi connectivity index (χ2v) is 3.21. The topological polar surface area (TPSA) is 40.9 Å². The predicted octanol–water partition coefficient (Wildman–Crippen LogP) is 3.24. The molecule has 0 amide bonds. The van der Waals surface area contributed by atoms with Crippen LogP contribution >= 0.6 is 11.6 Å². The van der Waals surface area contributed by atoms with Crippen LogP contribution in [0.1, 0.15) is 19.3 Å². The lowest BCUT2D eigenvalue weighted by Gasteiger charge is -1.97. The third-order valence-corrected chi connectivity index (χ3v) is 1.98. The molecular formula is C11H14ClNO. The van der Waals surface area contributed by atoms with Crippen LogP contribution < -0.4 is 0 Å². The summed E-state index contributed by atoms with van der Waals surface area (Å²) in [5, 5.41) is 7.43. The molecule has 0 spiro atoms. The van der Waals surface area contributed by atoms with Crippen molar-refractivity contribution in [3.8, 4) is 0 Å². The smallest absolute Gasteiger partial charge is 0.163 e. The first-order valence-electron chi connectivity index (χ1n) is 4.32. The van der Waals surface area contributed by atoms with E-state index in [1.165, 1.54) is 0 Å². The Hall–Kier alpha value is -1.15.